The van der Waals surface area contributed by atoms with Crippen molar-refractivity contribution in [2.24, 2.45) is 5.73 Å². The summed E-state index contributed by atoms with van der Waals surface area (Å²) in [7, 11) is 0. The van der Waals surface area contributed by atoms with E-state index < -0.39 is 11.5 Å². The Hall–Kier alpha value is -1.43. The maximum Gasteiger partial charge on any atom is 0.265 e. The van der Waals surface area contributed by atoms with Crippen molar-refractivity contribution in [1.82, 2.24) is 9.97 Å². The van der Waals surface area contributed by atoms with Crippen LogP contribution in [0.15, 0.2) is 10.9 Å². The van der Waals surface area contributed by atoms with Crippen molar-refractivity contribution in [1.29, 1.82) is 0 Å². The molecule has 5 nitrogen and oxygen atoms in total. The summed E-state index contributed by atoms with van der Waals surface area (Å²) in [6.07, 6.45) is 0. The molecule has 58 valence electrons. The van der Waals surface area contributed by atoms with E-state index in [2.05, 4.69) is 22.2 Å². The number of amides is 1. The van der Waals surface area contributed by atoms with Crippen molar-refractivity contribution >= 4 is 18.1 Å². The van der Waals surface area contributed by atoms with Gasteiger partial charge < -0.3 is 10.7 Å². The second-order valence-corrected chi connectivity index (χ2v) is 2.27. The molecule has 0 saturated carbocycles. The zero-order chi connectivity index (χ0) is 8.43. The number of hydrogen-bond donors (Lipinski definition) is 3. The van der Waals surface area contributed by atoms with E-state index in [9.17, 15) is 9.59 Å². The molecule has 1 aromatic heterocycles. The molecule has 0 spiro atoms. The molecule has 0 aliphatic rings. The monoisotopic (exact) mass is 171 g/mol. The Bertz CT molecular complexity index is 363. The molecule has 0 unspecified atom stereocenters. The summed E-state index contributed by atoms with van der Waals surface area (Å²) >= 11 is 4.59. The van der Waals surface area contributed by atoms with Crippen molar-refractivity contribution in [3.8, 4) is 0 Å². The van der Waals surface area contributed by atoms with Crippen molar-refractivity contribution in [2.75, 3.05) is 0 Å². The minimum atomic E-state index is -0.706. The van der Waals surface area contributed by atoms with Crippen LogP contribution in [-0.2, 0) is 0 Å². The Kier molecular flexibility index (Phi) is 1.86. The number of carbonyl (C=O) groups excluding carboxylic acids is 1. The molecule has 0 atom stereocenters. The zero-order valence-corrected chi connectivity index (χ0v) is 6.20. The van der Waals surface area contributed by atoms with Crippen LogP contribution in [0.25, 0.3) is 0 Å². The second-order valence-electron chi connectivity index (χ2n) is 1.87. The van der Waals surface area contributed by atoms with Crippen LogP contribution in [0, 0.1) is 4.77 Å². The second kappa shape index (κ2) is 2.67. The number of primary amides is 1. The number of nitrogens with one attached hydrogen (secondary N) is 2. The topological polar surface area (TPSA) is 91.7 Å². The molecular formula is C5H5N3O2S. The maximum atomic E-state index is 10.7. The summed E-state index contributed by atoms with van der Waals surface area (Å²) < 4.78 is 0.0892. The first-order valence-corrected chi connectivity index (χ1v) is 3.14. The van der Waals surface area contributed by atoms with Gasteiger partial charge in [0.15, 0.2) is 4.77 Å². The van der Waals surface area contributed by atoms with E-state index in [-0.39, 0.29) is 10.5 Å². The molecule has 1 amide bonds. The molecule has 0 aliphatic carbocycles. The SMILES string of the molecule is NC(=O)c1cc(=O)[nH]c(=S)[nH]1. The van der Waals surface area contributed by atoms with E-state index in [4.69, 9.17) is 5.73 Å². The van der Waals surface area contributed by atoms with E-state index in [0.29, 0.717) is 0 Å². The summed E-state index contributed by atoms with van der Waals surface area (Å²) in [5.41, 5.74) is 4.45. The standard InChI is InChI=1S/C5H5N3O2S/c6-4(10)2-1-3(9)8-5(11)7-2/h1H,(H2,6,10)(H2,7,8,9,11). The predicted octanol–water partition coefficient (Wildman–Crippen LogP) is -0.469. The van der Waals surface area contributed by atoms with Gasteiger partial charge in [-0.15, -0.1) is 0 Å². The van der Waals surface area contributed by atoms with Gasteiger partial charge in [-0.05, 0) is 12.2 Å². The fraction of sp³-hybridized carbons (Fsp3) is 0. The first kappa shape index (κ1) is 7.67. The van der Waals surface area contributed by atoms with E-state index in [1.54, 1.807) is 0 Å². The third kappa shape index (κ3) is 1.74. The number of nitrogens with two attached hydrogens (primary N) is 1. The number of aromatic amines is 2. The lowest BCUT2D eigenvalue weighted by atomic mass is 10.4. The highest BCUT2D eigenvalue weighted by atomic mass is 32.1. The van der Waals surface area contributed by atoms with Crippen LogP contribution < -0.4 is 11.3 Å². The lowest BCUT2D eigenvalue weighted by molar-refractivity contribution is 0.0995. The molecule has 0 radical (unpaired) electrons. The third-order valence-electron chi connectivity index (χ3n) is 1.03. The van der Waals surface area contributed by atoms with Crippen LogP contribution in [0.3, 0.4) is 0 Å². The van der Waals surface area contributed by atoms with Gasteiger partial charge in [-0.25, -0.2) is 0 Å². The number of H-pyrrole nitrogens is 2. The van der Waals surface area contributed by atoms with Crippen molar-refractivity contribution in [3.63, 3.8) is 0 Å². The summed E-state index contributed by atoms with van der Waals surface area (Å²) in [6.45, 7) is 0. The lowest BCUT2D eigenvalue weighted by Crippen LogP contribution is -2.18. The van der Waals surface area contributed by atoms with E-state index in [0.717, 1.165) is 6.07 Å². The van der Waals surface area contributed by atoms with Crippen LogP contribution in [0.2, 0.25) is 0 Å². The van der Waals surface area contributed by atoms with Crippen molar-refractivity contribution < 1.29 is 4.79 Å². The summed E-state index contributed by atoms with van der Waals surface area (Å²) in [5, 5.41) is 0. The van der Waals surface area contributed by atoms with Gasteiger partial charge in [-0.3, -0.25) is 14.6 Å². The fourth-order valence-electron chi connectivity index (χ4n) is 0.601. The minimum absolute atomic E-state index is 0.0127. The molecular weight excluding hydrogens is 166 g/mol. The van der Waals surface area contributed by atoms with Crippen LogP contribution in [-0.4, -0.2) is 15.9 Å². The molecule has 0 aromatic carbocycles. The van der Waals surface area contributed by atoms with E-state index >= 15 is 0 Å². The molecule has 0 saturated heterocycles. The molecule has 0 aliphatic heterocycles. The first-order chi connectivity index (χ1) is 5.09. The number of carbonyl (C=O) groups is 1. The Balaban J connectivity index is 3.42. The Morgan fingerprint density at radius 1 is 1.55 bits per heavy atom. The zero-order valence-electron chi connectivity index (χ0n) is 5.38. The molecule has 0 bridgehead atoms. The summed E-state index contributed by atoms with van der Waals surface area (Å²) in [5.74, 6) is -0.706. The highest BCUT2D eigenvalue weighted by Gasteiger charge is 1.99. The Labute approximate surface area is 66.3 Å². The Morgan fingerprint density at radius 2 is 2.18 bits per heavy atom. The van der Waals surface area contributed by atoms with Gasteiger partial charge in [0.25, 0.3) is 11.5 Å². The van der Waals surface area contributed by atoms with Crippen LogP contribution >= 0.6 is 12.2 Å². The summed E-state index contributed by atoms with van der Waals surface area (Å²) in [6, 6.07) is 1.05. The average molecular weight is 171 g/mol. The average Bonchev–Trinajstić information content (AvgIpc) is 1.85. The normalized spacial score (nSPS) is 9.45. The quantitative estimate of drug-likeness (QED) is 0.499. The molecule has 1 rings (SSSR count). The van der Waals surface area contributed by atoms with Gasteiger partial charge in [-0.1, -0.05) is 0 Å². The molecule has 1 aromatic rings. The highest BCUT2D eigenvalue weighted by Crippen LogP contribution is 1.84. The van der Waals surface area contributed by atoms with Gasteiger partial charge in [0, 0.05) is 6.07 Å². The van der Waals surface area contributed by atoms with Gasteiger partial charge in [0.05, 0.1) is 0 Å². The molecule has 6 heteroatoms. The number of hydrogen-bond acceptors (Lipinski definition) is 3. The van der Waals surface area contributed by atoms with E-state index in [1.807, 2.05) is 0 Å². The maximum absolute atomic E-state index is 10.7. The van der Waals surface area contributed by atoms with E-state index in [1.165, 1.54) is 0 Å². The van der Waals surface area contributed by atoms with Crippen LogP contribution in [0.5, 0.6) is 0 Å². The van der Waals surface area contributed by atoms with Gasteiger partial charge >= 0.3 is 0 Å². The fourth-order valence-corrected chi connectivity index (χ4v) is 0.812. The van der Waals surface area contributed by atoms with Crippen LogP contribution in [0.1, 0.15) is 10.5 Å². The van der Waals surface area contributed by atoms with Crippen LogP contribution in [0.4, 0.5) is 0 Å². The molecule has 11 heavy (non-hydrogen) atoms. The van der Waals surface area contributed by atoms with Gasteiger partial charge in [-0.2, -0.15) is 0 Å². The summed E-state index contributed by atoms with van der Waals surface area (Å²) in [4.78, 5) is 25.9. The lowest BCUT2D eigenvalue weighted by Gasteiger charge is -1.92. The highest BCUT2D eigenvalue weighted by molar-refractivity contribution is 7.71. The third-order valence-corrected chi connectivity index (χ3v) is 1.23. The molecule has 0 fully saturated rings. The number of aromatic nitrogens is 2. The van der Waals surface area contributed by atoms with Gasteiger partial charge in [0.2, 0.25) is 0 Å². The van der Waals surface area contributed by atoms with Crippen molar-refractivity contribution in [3.05, 3.63) is 26.9 Å². The smallest absolute Gasteiger partial charge is 0.265 e. The molecule has 1 heterocycles. The predicted molar refractivity (Wildman–Crippen MR) is 40.8 cm³/mol. The van der Waals surface area contributed by atoms with Gasteiger partial charge in [0.1, 0.15) is 5.69 Å². The largest absolute Gasteiger partial charge is 0.364 e. The first-order valence-electron chi connectivity index (χ1n) is 2.73. The minimum Gasteiger partial charge on any atom is -0.364 e. The molecule has 4 N–H and O–H groups in total. The number of rotatable bonds is 1. The Morgan fingerprint density at radius 3 is 2.64 bits per heavy atom. The van der Waals surface area contributed by atoms with Crippen molar-refractivity contribution in [2.45, 2.75) is 0 Å².